The minimum absolute atomic E-state index is 0.311. The maximum absolute atomic E-state index is 12.4. The molecule has 2 rings (SSSR count). The molecular weight excluding hydrogens is 308 g/mol. The molecule has 0 aliphatic carbocycles. The molecular formula is C13H20N4O2S2. The van der Waals surface area contributed by atoms with Crippen molar-refractivity contribution < 1.29 is 8.42 Å². The summed E-state index contributed by atoms with van der Waals surface area (Å²) in [6.07, 6.45) is 1.65. The van der Waals surface area contributed by atoms with Gasteiger partial charge in [0, 0.05) is 30.7 Å². The molecule has 6 nitrogen and oxygen atoms in total. The number of sulfonamides is 1. The van der Waals surface area contributed by atoms with Gasteiger partial charge in [0.15, 0.2) is 0 Å². The molecule has 0 saturated heterocycles. The van der Waals surface area contributed by atoms with Crippen LogP contribution in [0, 0.1) is 6.92 Å². The zero-order chi connectivity index (χ0) is 15.6. The fourth-order valence-electron chi connectivity index (χ4n) is 1.80. The van der Waals surface area contributed by atoms with E-state index in [1.165, 1.54) is 11.3 Å². The molecule has 0 aliphatic heterocycles. The number of hydrogen-bond donors (Lipinski definition) is 2. The van der Waals surface area contributed by atoms with Gasteiger partial charge in [-0.3, -0.25) is 9.40 Å². The number of nitrogens with one attached hydrogen (secondary N) is 2. The summed E-state index contributed by atoms with van der Waals surface area (Å²) in [6.45, 7) is 6.55. The fraction of sp³-hybridized carbons (Fsp3) is 0.462. The van der Waals surface area contributed by atoms with Crippen molar-refractivity contribution >= 4 is 27.0 Å². The predicted octanol–water partition coefficient (Wildman–Crippen LogP) is 2.09. The van der Waals surface area contributed by atoms with E-state index in [0.29, 0.717) is 28.2 Å². The molecule has 8 heteroatoms. The van der Waals surface area contributed by atoms with E-state index < -0.39 is 10.0 Å². The second kappa shape index (κ2) is 6.17. The molecule has 2 heterocycles. The molecule has 0 spiro atoms. The predicted molar refractivity (Wildman–Crippen MR) is 85.0 cm³/mol. The van der Waals surface area contributed by atoms with E-state index in [1.807, 2.05) is 6.07 Å². The molecule has 2 N–H and O–H groups in total. The molecule has 0 atom stereocenters. The number of nitrogens with zero attached hydrogens (tertiary/aromatic N) is 2. The van der Waals surface area contributed by atoms with Crippen LogP contribution in [0.25, 0.3) is 0 Å². The lowest BCUT2D eigenvalue weighted by Gasteiger charge is -2.06. The van der Waals surface area contributed by atoms with Crippen LogP contribution in [0.1, 0.15) is 24.4 Å². The van der Waals surface area contributed by atoms with Gasteiger partial charge in [-0.25, -0.2) is 8.42 Å². The molecule has 0 aliphatic rings. The van der Waals surface area contributed by atoms with Gasteiger partial charge in [0.25, 0.3) is 10.0 Å². The van der Waals surface area contributed by atoms with Crippen molar-refractivity contribution in [3.8, 4) is 0 Å². The monoisotopic (exact) mass is 328 g/mol. The lowest BCUT2D eigenvalue weighted by atomic mass is 10.4. The number of hydrogen-bond acceptors (Lipinski definition) is 5. The van der Waals surface area contributed by atoms with Gasteiger partial charge >= 0.3 is 0 Å². The van der Waals surface area contributed by atoms with Gasteiger partial charge in [-0.15, -0.1) is 11.3 Å². The molecule has 0 radical (unpaired) electrons. The lowest BCUT2D eigenvalue weighted by molar-refractivity contribution is 0.593. The Morgan fingerprint density at radius 2 is 2.10 bits per heavy atom. The summed E-state index contributed by atoms with van der Waals surface area (Å²) in [4.78, 5) is 0.993. The molecule has 0 fully saturated rings. The normalized spacial score (nSPS) is 12.0. The summed E-state index contributed by atoms with van der Waals surface area (Å²) in [6, 6.07) is 3.84. The Hall–Kier alpha value is -1.38. The van der Waals surface area contributed by atoms with E-state index in [-0.39, 0.29) is 0 Å². The van der Waals surface area contributed by atoms with Gasteiger partial charge in [0.1, 0.15) is 4.21 Å². The van der Waals surface area contributed by atoms with Crippen molar-refractivity contribution in [3.63, 3.8) is 0 Å². The van der Waals surface area contributed by atoms with Crippen LogP contribution in [0.15, 0.2) is 22.5 Å². The molecule has 2 aromatic heterocycles. The van der Waals surface area contributed by atoms with E-state index in [2.05, 4.69) is 29.0 Å². The third-order valence-electron chi connectivity index (χ3n) is 2.84. The van der Waals surface area contributed by atoms with Crippen LogP contribution in [-0.2, 0) is 23.6 Å². The maximum Gasteiger partial charge on any atom is 0.271 e. The highest BCUT2D eigenvalue weighted by atomic mass is 32.2. The Balaban J connectivity index is 2.14. The zero-order valence-corrected chi connectivity index (χ0v) is 14.2. The Morgan fingerprint density at radius 3 is 2.67 bits per heavy atom. The van der Waals surface area contributed by atoms with Gasteiger partial charge in [-0.05, 0) is 19.1 Å². The largest absolute Gasteiger partial charge is 0.310 e. The fourth-order valence-corrected chi connectivity index (χ4v) is 4.21. The Labute approximate surface area is 129 Å². The van der Waals surface area contributed by atoms with E-state index in [9.17, 15) is 8.42 Å². The summed E-state index contributed by atoms with van der Waals surface area (Å²) in [5.41, 5.74) is 1.16. The molecule has 0 bridgehead atoms. The molecule has 116 valence electrons. The summed E-state index contributed by atoms with van der Waals surface area (Å²) in [5, 5.41) is 7.40. The number of rotatable bonds is 6. The average molecular weight is 328 g/mol. The Kier molecular flexibility index (Phi) is 4.70. The average Bonchev–Trinajstić information content (AvgIpc) is 2.94. The van der Waals surface area contributed by atoms with Crippen LogP contribution < -0.4 is 10.0 Å². The number of aromatic nitrogens is 2. The van der Waals surface area contributed by atoms with Crippen LogP contribution in [-0.4, -0.2) is 24.2 Å². The van der Waals surface area contributed by atoms with Gasteiger partial charge in [0.2, 0.25) is 0 Å². The molecule has 0 unspecified atom stereocenters. The molecule has 21 heavy (non-hydrogen) atoms. The van der Waals surface area contributed by atoms with E-state index in [0.717, 1.165) is 4.88 Å². The van der Waals surface area contributed by atoms with Gasteiger partial charge in [0.05, 0.1) is 11.4 Å². The van der Waals surface area contributed by atoms with Crippen molar-refractivity contribution in [2.75, 3.05) is 4.72 Å². The Morgan fingerprint density at radius 1 is 1.38 bits per heavy atom. The van der Waals surface area contributed by atoms with Gasteiger partial charge in [-0.1, -0.05) is 13.8 Å². The lowest BCUT2D eigenvalue weighted by Crippen LogP contribution is -2.21. The molecule has 0 saturated carbocycles. The van der Waals surface area contributed by atoms with E-state index >= 15 is 0 Å². The summed E-state index contributed by atoms with van der Waals surface area (Å²) < 4.78 is 29.2. The zero-order valence-electron chi connectivity index (χ0n) is 12.5. The first kappa shape index (κ1) is 16.0. The van der Waals surface area contributed by atoms with Crippen LogP contribution in [0.4, 0.5) is 5.69 Å². The van der Waals surface area contributed by atoms with Gasteiger partial charge in [-0.2, -0.15) is 5.10 Å². The van der Waals surface area contributed by atoms with E-state index in [1.54, 1.807) is 30.9 Å². The van der Waals surface area contributed by atoms with Crippen molar-refractivity contribution in [2.24, 2.45) is 7.05 Å². The van der Waals surface area contributed by atoms with E-state index in [4.69, 9.17) is 0 Å². The SMILES string of the molecule is Cc1nn(C)cc1NS(=O)(=O)c1ccc(CNC(C)C)s1. The standard InChI is InChI=1S/C13H20N4O2S2/c1-9(2)14-7-11-5-6-13(20-11)21(18,19)16-12-8-17(4)15-10(12)3/h5-6,8-9,14,16H,7H2,1-4H3. The highest BCUT2D eigenvalue weighted by Gasteiger charge is 2.19. The van der Waals surface area contributed by atoms with Crippen molar-refractivity contribution in [1.82, 2.24) is 15.1 Å². The topological polar surface area (TPSA) is 76.0 Å². The number of aryl methyl sites for hydroxylation is 2. The quantitative estimate of drug-likeness (QED) is 0.851. The maximum atomic E-state index is 12.4. The van der Waals surface area contributed by atoms with Crippen LogP contribution in [0.5, 0.6) is 0 Å². The summed E-state index contributed by atoms with van der Waals surface area (Å²) in [5.74, 6) is 0. The molecule has 0 aromatic carbocycles. The van der Waals surface area contributed by atoms with Crippen LogP contribution in [0.2, 0.25) is 0 Å². The third kappa shape index (κ3) is 4.05. The smallest absolute Gasteiger partial charge is 0.271 e. The highest BCUT2D eigenvalue weighted by Crippen LogP contribution is 2.25. The van der Waals surface area contributed by atoms with Crippen LogP contribution >= 0.6 is 11.3 Å². The van der Waals surface area contributed by atoms with Crippen molar-refractivity contribution in [3.05, 3.63) is 28.9 Å². The number of anilines is 1. The van der Waals surface area contributed by atoms with Gasteiger partial charge < -0.3 is 5.32 Å². The Bertz CT molecular complexity index is 716. The first-order valence-corrected chi connectivity index (χ1v) is 8.93. The summed E-state index contributed by atoms with van der Waals surface area (Å²) >= 11 is 1.27. The van der Waals surface area contributed by atoms with Crippen LogP contribution in [0.3, 0.4) is 0 Å². The number of thiophene rings is 1. The second-order valence-corrected chi connectivity index (χ2v) is 8.24. The highest BCUT2D eigenvalue weighted by molar-refractivity contribution is 7.94. The van der Waals surface area contributed by atoms with Crippen molar-refractivity contribution in [2.45, 2.75) is 37.6 Å². The molecule has 2 aromatic rings. The first-order valence-electron chi connectivity index (χ1n) is 6.63. The van der Waals surface area contributed by atoms with Crippen molar-refractivity contribution in [1.29, 1.82) is 0 Å². The molecule has 0 amide bonds. The minimum Gasteiger partial charge on any atom is -0.310 e. The minimum atomic E-state index is -3.55. The third-order valence-corrected chi connectivity index (χ3v) is 5.79. The summed E-state index contributed by atoms with van der Waals surface area (Å²) in [7, 11) is -1.80. The second-order valence-electron chi connectivity index (χ2n) is 5.16. The first-order chi connectivity index (χ1) is 9.78.